The van der Waals surface area contributed by atoms with Crippen LogP contribution in [0, 0.1) is 11.7 Å². The summed E-state index contributed by atoms with van der Waals surface area (Å²) in [6, 6.07) is 9.66. The average molecular weight is 718 g/mol. The third-order valence-electron chi connectivity index (χ3n) is 7.98. The van der Waals surface area contributed by atoms with Gasteiger partial charge in [-0.05, 0) is 79.8 Å². The fraction of sp³-hybridized carbons (Fsp3) is 0.429. The summed E-state index contributed by atoms with van der Waals surface area (Å²) in [5.74, 6) is -3.31. The van der Waals surface area contributed by atoms with Crippen LogP contribution in [-0.4, -0.2) is 58.4 Å². The lowest BCUT2D eigenvalue weighted by molar-refractivity contribution is -0.171. The van der Waals surface area contributed by atoms with E-state index >= 15 is 0 Å². The highest BCUT2D eigenvalue weighted by Crippen LogP contribution is 2.37. The largest absolute Gasteiger partial charge is 0.494 e. The first-order valence-corrected chi connectivity index (χ1v) is 18.1. The van der Waals surface area contributed by atoms with Gasteiger partial charge in [0, 0.05) is 5.56 Å². The molecule has 0 bridgehead atoms. The van der Waals surface area contributed by atoms with Crippen LogP contribution in [0.15, 0.2) is 52.9 Å². The molecule has 0 aliphatic heterocycles. The lowest BCUT2D eigenvalue weighted by Crippen LogP contribution is -2.49. The number of carbonyl (C=O) groups is 4. The molecule has 1 unspecified atom stereocenters. The molecule has 50 heavy (non-hydrogen) atoms. The summed E-state index contributed by atoms with van der Waals surface area (Å²) in [4.78, 5) is 76.6. The minimum atomic E-state index is -4.62. The Kier molecular flexibility index (Phi) is 14.7. The number of nitrogens with one attached hydrogen (secondary N) is 2. The maximum Gasteiger partial charge on any atom is 0.363 e. The van der Waals surface area contributed by atoms with Crippen molar-refractivity contribution in [2.75, 3.05) is 13.3 Å². The van der Waals surface area contributed by atoms with E-state index in [4.69, 9.17) is 14.0 Å². The fourth-order valence-electron chi connectivity index (χ4n) is 5.45. The molecule has 3 amide bonds. The Balaban J connectivity index is 1.73. The van der Waals surface area contributed by atoms with E-state index in [0.29, 0.717) is 24.8 Å². The Labute approximate surface area is 290 Å². The van der Waals surface area contributed by atoms with Crippen molar-refractivity contribution in [3.8, 4) is 17.1 Å². The molecule has 0 fully saturated rings. The number of nitrogens with zero attached hydrogens (tertiary/aromatic N) is 1. The number of hydrogen-bond acceptors (Lipinski definition) is 8. The molecule has 15 heteroatoms. The Hall–Kier alpha value is -4.52. The van der Waals surface area contributed by atoms with Crippen LogP contribution in [0.3, 0.4) is 0 Å². The zero-order chi connectivity index (χ0) is 37.0. The lowest BCUT2D eigenvalue weighted by atomic mass is 9.90. The van der Waals surface area contributed by atoms with Gasteiger partial charge in [0.25, 0.3) is 5.91 Å². The fourth-order valence-corrected chi connectivity index (χ4v) is 6.06. The van der Waals surface area contributed by atoms with Crippen molar-refractivity contribution in [2.45, 2.75) is 78.7 Å². The summed E-state index contributed by atoms with van der Waals surface area (Å²) in [5, 5.41) is 5.76. The molecular formula is C35H45FN3O10P. The number of carbonyl (C=O) groups excluding carboxylic acids is 4. The van der Waals surface area contributed by atoms with E-state index in [-0.39, 0.29) is 59.3 Å². The SMILES string of the molecule is CCCCCC(C(=O)NCNC(=O)c1ccc(-c2cc(OCC)cc(P(=O)(O)O)c2)o1)[C@@H](CC)N(C=O)OC(=O)c1ccc(F)cc1C(C)C. The first-order chi connectivity index (χ1) is 23.7. The van der Waals surface area contributed by atoms with Crippen molar-refractivity contribution in [3.63, 3.8) is 0 Å². The molecule has 0 aliphatic rings. The highest BCUT2D eigenvalue weighted by molar-refractivity contribution is 7.60. The zero-order valence-corrected chi connectivity index (χ0v) is 29.7. The Bertz CT molecular complexity index is 1690. The normalized spacial score (nSPS) is 12.6. The molecule has 1 heterocycles. The molecule has 0 spiro atoms. The molecule has 2 atom stereocenters. The number of furan rings is 1. The molecule has 1 aromatic heterocycles. The molecule has 3 aromatic rings. The number of unbranched alkanes of at least 4 members (excludes halogenated alkanes) is 2. The van der Waals surface area contributed by atoms with E-state index in [9.17, 15) is 37.9 Å². The number of halogens is 1. The van der Waals surface area contributed by atoms with Crippen LogP contribution in [0.2, 0.25) is 0 Å². The van der Waals surface area contributed by atoms with Gasteiger partial charge in [0.2, 0.25) is 12.3 Å². The molecular weight excluding hydrogens is 672 g/mol. The Morgan fingerprint density at radius 3 is 2.38 bits per heavy atom. The third-order valence-corrected chi connectivity index (χ3v) is 8.91. The van der Waals surface area contributed by atoms with Crippen molar-refractivity contribution < 1.29 is 51.9 Å². The van der Waals surface area contributed by atoms with Crippen LogP contribution in [0.4, 0.5) is 4.39 Å². The van der Waals surface area contributed by atoms with E-state index in [1.807, 2.05) is 6.92 Å². The molecule has 4 N–H and O–H groups in total. The van der Waals surface area contributed by atoms with Crippen molar-refractivity contribution in [2.24, 2.45) is 5.92 Å². The van der Waals surface area contributed by atoms with Crippen LogP contribution in [0.1, 0.15) is 99.1 Å². The quantitative estimate of drug-likeness (QED) is 0.0411. The molecule has 0 aliphatic carbocycles. The van der Waals surface area contributed by atoms with Gasteiger partial charge in [-0.2, -0.15) is 5.06 Å². The highest BCUT2D eigenvalue weighted by atomic mass is 31.2. The molecule has 0 radical (unpaired) electrons. The minimum Gasteiger partial charge on any atom is -0.494 e. The summed E-state index contributed by atoms with van der Waals surface area (Å²) in [5.41, 5.74) is 0.793. The van der Waals surface area contributed by atoms with Gasteiger partial charge in [-0.15, -0.1) is 0 Å². The number of benzene rings is 2. The summed E-state index contributed by atoms with van der Waals surface area (Å²) >= 11 is 0. The predicted molar refractivity (Wildman–Crippen MR) is 183 cm³/mol. The second kappa shape index (κ2) is 18.5. The van der Waals surface area contributed by atoms with Crippen molar-refractivity contribution in [1.29, 1.82) is 0 Å². The third kappa shape index (κ3) is 10.7. The smallest absolute Gasteiger partial charge is 0.363 e. The van der Waals surface area contributed by atoms with Crippen molar-refractivity contribution >= 4 is 37.1 Å². The first-order valence-electron chi connectivity index (χ1n) is 16.5. The van der Waals surface area contributed by atoms with Gasteiger partial charge in [0.1, 0.15) is 17.3 Å². The predicted octanol–water partition coefficient (Wildman–Crippen LogP) is 5.42. The maximum absolute atomic E-state index is 13.9. The van der Waals surface area contributed by atoms with E-state index in [1.165, 1.54) is 42.5 Å². The molecule has 0 saturated heterocycles. The van der Waals surface area contributed by atoms with Crippen molar-refractivity contribution in [3.05, 3.63) is 71.2 Å². The van der Waals surface area contributed by atoms with E-state index in [0.717, 1.165) is 24.0 Å². The van der Waals surface area contributed by atoms with E-state index in [2.05, 4.69) is 10.6 Å². The Morgan fingerprint density at radius 2 is 1.76 bits per heavy atom. The maximum atomic E-state index is 13.9. The summed E-state index contributed by atoms with van der Waals surface area (Å²) < 4.78 is 36.9. The lowest BCUT2D eigenvalue weighted by Gasteiger charge is -2.32. The van der Waals surface area contributed by atoms with E-state index in [1.54, 1.807) is 27.7 Å². The van der Waals surface area contributed by atoms with Crippen LogP contribution in [0.25, 0.3) is 11.3 Å². The average Bonchev–Trinajstić information content (AvgIpc) is 3.57. The van der Waals surface area contributed by atoms with Gasteiger partial charge in [-0.3, -0.25) is 18.9 Å². The minimum absolute atomic E-state index is 0.100. The number of amides is 3. The second-order valence-corrected chi connectivity index (χ2v) is 13.5. The zero-order valence-electron chi connectivity index (χ0n) is 28.8. The summed E-state index contributed by atoms with van der Waals surface area (Å²) in [6.07, 6.45) is 3.30. The highest BCUT2D eigenvalue weighted by Gasteiger charge is 2.34. The molecule has 13 nitrogen and oxygen atoms in total. The first kappa shape index (κ1) is 39.9. The topological polar surface area (TPSA) is 185 Å². The van der Waals surface area contributed by atoms with Gasteiger partial charge in [-0.1, -0.05) is 47.0 Å². The Morgan fingerprint density at radius 1 is 1.02 bits per heavy atom. The summed E-state index contributed by atoms with van der Waals surface area (Å²) in [7, 11) is -4.62. The van der Waals surface area contributed by atoms with Gasteiger partial charge in [0.15, 0.2) is 5.76 Å². The molecule has 0 saturated carbocycles. The van der Waals surface area contributed by atoms with Crippen molar-refractivity contribution in [1.82, 2.24) is 15.7 Å². The van der Waals surface area contributed by atoms with Gasteiger partial charge in [-0.25, -0.2) is 9.18 Å². The summed E-state index contributed by atoms with van der Waals surface area (Å²) in [6.45, 7) is 9.01. The number of rotatable bonds is 19. The number of hydroxylamine groups is 2. The molecule has 3 rings (SSSR count). The number of hydrogen-bond donors (Lipinski definition) is 4. The number of ether oxygens (including phenoxy) is 1. The van der Waals surface area contributed by atoms with Crippen LogP contribution < -0.4 is 20.7 Å². The van der Waals surface area contributed by atoms with Crippen LogP contribution in [-0.2, 0) is 19.0 Å². The van der Waals surface area contributed by atoms with Crippen LogP contribution in [0.5, 0.6) is 5.75 Å². The van der Waals surface area contributed by atoms with Crippen LogP contribution >= 0.6 is 7.60 Å². The standard InChI is InChI=1S/C35H45FN3O10P/c1-6-9-10-11-28(30(7-2)39(21-40)49-35(43)27-13-12-24(36)18-29(27)22(4)5)33(41)37-20-38-34(42)32-15-14-31(48-32)23-16-25(47-8-3)19-26(17-23)50(44,45)46/h12-19,21-22,28,30H,6-11,20H2,1-5H3,(H,37,41)(H,38,42)(H2,44,45,46)/t28?,30-/m1/s1. The van der Waals surface area contributed by atoms with Gasteiger partial charge < -0.3 is 34.4 Å². The molecule has 2 aromatic carbocycles. The monoisotopic (exact) mass is 717 g/mol. The van der Waals surface area contributed by atoms with E-state index < -0.39 is 43.2 Å². The van der Waals surface area contributed by atoms with Gasteiger partial charge >= 0.3 is 13.6 Å². The molecule has 272 valence electrons. The van der Waals surface area contributed by atoms with Gasteiger partial charge in [0.05, 0.1) is 36.1 Å². The second-order valence-electron chi connectivity index (χ2n) is 11.9.